The Morgan fingerprint density at radius 2 is 1.72 bits per heavy atom. The van der Waals surface area contributed by atoms with Gasteiger partial charge in [-0.1, -0.05) is 13.8 Å². The van der Waals surface area contributed by atoms with Crippen molar-refractivity contribution in [3.05, 3.63) is 18.2 Å². The van der Waals surface area contributed by atoms with Crippen molar-refractivity contribution in [3.8, 4) is 11.5 Å². The lowest BCUT2D eigenvalue weighted by Crippen LogP contribution is -2.51. The fourth-order valence-electron chi connectivity index (χ4n) is 3.25. The molecule has 1 atom stereocenters. The Bertz CT molecular complexity index is 819. The number of ether oxygens (including phenoxy) is 2. The Morgan fingerprint density at radius 3 is 2.38 bits per heavy atom. The van der Waals surface area contributed by atoms with Crippen LogP contribution in [0.4, 0.5) is 0 Å². The van der Waals surface area contributed by atoms with Crippen molar-refractivity contribution in [1.82, 2.24) is 14.5 Å². The summed E-state index contributed by atoms with van der Waals surface area (Å²) < 4.78 is 38.7. The van der Waals surface area contributed by atoms with Crippen LogP contribution in [0.25, 0.3) is 0 Å². The number of piperazine rings is 1. The predicted molar refractivity (Wildman–Crippen MR) is 110 cm³/mol. The summed E-state index contributed by atoms with van der Waals surface area (Å²) in [5.41, 5.74) is 0. The molecule has 2 aliphatic heterocycles. The smallest absolute Gasteiger partial charge is 0.243 e. The Balaban J connectivity index is 1.58. The van der Waals surface area contributed by atoms with Gasteiger partial charge >= 0.3 is 0 Å². The van der Waals surface area contributed by atoms with E-state index in [1.165, 1.54) is 4.31 Å². The van der Waals surface area contributed by atoms with Crippen LogP contribution in [-0.4, -0.2) is 75.5 Å². The molecule has 162 valence electrons. The summed E-state index contributed by atoms with van der Waals surface area (Å²) in [5, 5.41) is 2.99. The molecule has 1 aromatic carbocycles. The summed E-state index contributed by atoms with van der Waals surface area (Å²) in [6, 6.07) is 4.88. The average molecular weight is 426 g/mol. The Morgan fingerprint density at radius 1 is 1.07 bits per heavy atom. The van der Waals surface area contributed by atoms with Gasteiger partial charge in [0.05, 0.1) is 24.7 Å². The number of rotatable bonds is 6. The van der Waals surface area contributed by atoms with Crippen molar-refractivity contribution in [1.29, 1.82) is 0 Å². The molecular formula is C20H31N3O5S. The second kappa shape index (κ2) is 9.32. The zero-order valence-corrected chi connectivity index (χ0v) is 18.2. The number of carbonyl (C=O) groups is 1. The zero-order chi connectivity index (χ0) is 21.0. The first-order chi connectivity index (χ1) is 13.8. The van der Waals surface area contributed by atoms with Crippen molar-refractivity contribution in [2.75, 3.05) is 45.9 Å². The van der Waals surface area contributed by atoms with Crippen molar-refractivity contribution in [2.45, 2.75) is 38.1 Å². The van der Waals surface area contributed by atoms with Crippen LogP contribution in [0.1, 0.15) is 27.2 Å². The fraction of sp³-hybridized carbons (Fsp3) is 0.650. The third-order valence-electron chi connectivity index (χ3n) is 5.44. The quantitative estimate of drug-likeness (QED) is 0.740. The number of nitrogens with one attached hydrogen (secondary N) is 1. The van der Waals surface area contributed by atoms with Gasteiger partial charge in [-0.25, -0.2) is 8.42 Å². The number of hydrogen-bond acceptors (Lipinski definition) is 6. The van der Waals surface area contributed by atoms with Crippen LogP contribution in [0.15, 0.2) is 23.1 Å². The molecule has 8 nitrogen and oxygen atoms in total. The number of amides is 1. The molecule has 1 fully saturated rings. The third-order valence-corrected chi connectivity index (χ3v) is 7.34. The molecule has 1 saturated heterocycles. The SMILES string of the molecule is CC(C)[C@@H](C)NC(=O)CN1CCN(S(=O)(=O)c2ccc3c(c2)OCCCO3)CC1. The number of hydrogen-bond donors (Lipinski definition) is 1. The molecule has 0 radical (unpaired) electrons. The van der Waals surface area contributed by atoms with Gasteiger partial charge in [-0.05, 0) is 25.0 Å². The van der Waals surface area contributed by atoms with Gasteiger partial charge in [0.1, 0.15) is 0 Å². The summed E-state index contributed by atoms with van der Waals surface area (Å²) in [6.07, 6.45) is 0.766. The van der Waals surface area contributed by atoms with Gasteiger partial charge in [-0.15, -0.1) is 0 Å². The van der Waals surface area contributed by atoms with Gasteiger partial charge in [0, 0.05) is 44.7 Å². The Hall–Kier alpha value is -1.84. The first kappa shape index (κ1) is 21.9. The average Bonchev–Trinajstić information content (AvgIpc) is 2.93. The van der Waals surface area contributed by atoms with Crippen LogP contribution in [0.3, 0.4) is 0 Å². The van der Waals surface area contributed by atoms with Gasteiger partial charge in [0.15, 0.2) is 11.5 Å². The van der Waals surface area contributed by atoms with Gasteiger partial charge in [0.2, 0.25) is 15.9 Å². The summed E-state index contributed by atoms with van der Waals surface area (Å²) in [6.45, 7) is 9.21. The van der Waals surface area contributed by atoms with Gasteiger partial charge in [-0.3, -0.25) is 9.69 Å². The van der Waals surface area contributed by atoms with Crippen molar-refractivity contribution in [2.24, 2.45) is 5.92 Å². The van der Waals surface area contributed by atoms with E-state index in [-0.39, 0.29) is 23.4 Å². The molecule has 1 aromatic rings. The second-order valence-electron chi connectivity index (χ2n) is 7.94. The van der Waals surface area contributed by atoms with Crippen molar-refractivity contribution in [3.63, 3.8) is 0 Å². The van der Waals surface area contributed by atoms with E-state index in [4.69, 9.17) is 9.47 Å². The van der Waals surface area contributed by atoms with Crippen LogP contribution in [0.5, 0.6) is 11.5 Å². The highest BCUT2D eigenvalue weighted by atomic mass is 32.2. The number of benzene rings is 1. The maximum atomic E-state index is 13.0. The van der Waals surface area contributed by atoms with E-state index in [1.54, 1.807) is 18.2 Å². The molecule has 3 rings (SSSR count). The standard InChI is InChI=1S/C20H31N3O5S/c1-15(2)16(3)21-20(24)14-22-7-9-23(10-8-22)29(25,26)17-5-6-18-19(13-17)28-12-4-11-27-18/h5-6,13,15-16H,4,7-12,14H2,1-3H3,(H,21,24)/t16-/m1/s1. The van der Waals surface area contributed by atoms with E-state index in [0.717, 1.165) is 6.42 Å². The molecule has 0 aromatic heterocycles. The summed E-state index contributed by atoms with van der Waals surface area (Å²) in [5.74, 6) is 1.40. The van der Waals surface area contributed by atoms with Crippen LogP contribution in [0.2, 0.25) is 0 Å². The van der Waals surface area contributed by atoms with E-state index in [1.807, 2.05) is 11.8 Å². The van der Waals surface area contributed by atoms with E-state index in [2.05, 4.69) is 19.2 Å². The molecule has 0 aliphatic carbocycles. The topological polar surface area (TPSA) is 88.2 Å². The maximum Gasteiger partial charge on any atom is 0.243 e. The third kappa shape index (κ3) is 5.40. The number of sulfonamides is 1. The minimum atomic E-state index is -3.62. The Labute approximate surface area is 173 Å². The molecule has 1 N–H and O–H groups in total. The first-order valence-corrected chi connectivity index (χ1v) is 11.6. The molecule has 1 amide bonds. The highest BCUT2D eigenvalue weighted by Gasteiger charge is 2.30. The molecular weight excluding hydrogens is 394 g/mol. The maximum absolute atomic E-state index is 13.0. The summed E-state index contributed by atoms with van der Waals surface area (Å²) in [4.78, 5) is 14.4. The lowest BCUT2D eigenvalue weighted by molar-refractivity contribution is -0.123. The normalized spacial score (nSPS) is 19.6. The lowest BCUT2D eigenvalue weighted by atomic mass is 10.1. The molecule has 29 heavy (non-hydrogen) atoms. The van der Waals surface area contributed by atoms with Crippen LogP contribution in [-0.2, 0) is 14.8 Å². The number of carbonyl (C=O) groups excluding carboxylic acids is 1. The van der Waals surface area contributed by atoms with E-state index in [9.17, 15) is 13.2 Å². The molecule has 0 unspecified atom stereocenters. The molecule has 0 spiro atoms. The zero-order valence-electron chi connectivity index (χ0n) is 17.4. The van der Waals surface area contributed by atoms with Crippen LogP contribution in [0, 0.1) is 5.92 Å². The molecule has 2 aliphatic rings. The van der Waals surface area contributed by atoms with Crippen molar-refractivity contribution < 1.29 is 22.7 Å². The molecule has 0 saturated carbocycles. The molecule has 9 heteroatoms. The van der Waals surface area contributed by atoms with Gasteiger partial charge < -0.3 is 14.8 Å². The highest BCUT2D eigenvalue weighted by Crippen LogP contribution is 2.33. The summed E-state index contributed by atoms with van der Waals surface area (Å²) in [7, 11) is -3.62. The largest absolute Gasteiger partial charge is 0.490 e. The molecule has 2 heterocycles. The monoisotopic (exact) mass is 425 g/mol. The van der Waals surface area contributed by atoms with Crippen molar-refractivity contribution >= 4 is 15.9 Å². The first-order valence-electron chi connectivity index (χ1n) is 10.2. The van der Waals surface area contributed by atoms with Crippen LogP contribution >= 0.6 is 0 Å². The lowest BCUT2D eigenvalue weighted by Gasteiger charge is -2.34. The highest BCUT2D eigenvalue weighted by molar-refractivity contribution is 7.89. The predicted octanol–water partition coefficient (Wildman–Crippen LogP) is 1.31. The minimum absolute atomic E-state index is 0.0228. The van der Waals surface area contributed by atoms with E-state index < -0.39 is 10.0 Å². The van der Waals surface area contributed by atoms with E-state index in [0.29, 0.717) is 56.8 Å². The minimum Gasteiger partial charge on any atom is -0.490 e. The van der Waals surface area contributed by atoms with E-state index >= 15 is 0 Å². The second-order valence-corrected chi connectivity index (χ2v) is 9.88. The summed E-state index contributed by atoms with van der Waals surface area (Å²) >= 11 is 0. The number of nitrogens with zero attached hydrogens (tertiary/aromatic N) is 2. The van der Waals surface area contributed by atoms with Crippen LogP contribution < -0.4 is 14.8 Å². The fourth-order valence-corrected chi connectivity index (χ4v) is 4.69. The number of fused-ring (bicyclic) bond motifs is 1. The van der Waals surface area contributed by atoms with Gasteiger partial charge in [-0.2, -0.15) is 4.31 Å². The Kier molecular flexibility index (Phi) is 7.02. The van der Waals surface area contributed by atoms with Gasteiger partial charge in [0.25, 0.3) is 0 Å². The molecule has 0 bridgehead atoms.